The van der Waals surface area contributed by atoms with Gasteiger partial charge in [-0.2, -0.15) is 0 Å². The van der Waals surface area contributed by atoms with Crippen LogP contribution in [0.15, 0.2) is 97.3 Å². The molecule has 4 rings (SSSR count). The molecule has 1 unspecified atom stereocenters. The van der Waals surface area contributed by atoms with E-state index in [-0.39, 0.29) is 6.42 Å². The van der Waals surface area contributed by atoms with E-state index in [0.29, 0.717) is 11.4 Å². The van der Waals surface area contributed by atoms with Gasteiger partial charge >= 0.3 is 5.97 Å². The van der Waals surface area contributed by atoms with Crippen molar-refractivity contribution in [1.29, 1.82) is 0 Å². The molecule has 2 N–H and O–H groups in total. The Kier molecular flexibility index (Phi) is 11.5. The lowest BCUT2D eigenvalue weighted by Crippen LogP contribution is -2.42. The second kappa shape index (κ2) is 14.8. The Bertz CT molecular complexity index is 1190. The van der Waals surface area contributed by atoms with E-state index >= 15 is 0 Å². The number of hydrogen-bond donors (Lipinski definition) is 2. The number of carbonyl (C=O) groups is 2. The van der Waals surface area contributed by atoms with Gasteiger partial charge in [-0.15, -0.1) is 0 Å². The summed E-state index contributed by atoms with van der Waals surface area (Å²) in [4.78, 5) is 32.9. The predicted octanol–water partition coefficient (Wildman–Crippen LogP) is 6.29. The Morgan fingerprint density at radius 1 is 0.722 bits per heavy atom. The van der Waals surface area contributed by atoms with Crippen molar-refractivity contribution in [2.45, 2.75) is 40.2 Å². The number of aliphatic carboxylic acids is 1. The summed E-state index contributed by atoms with van der Waals surface area (Å²) in [7, 11) is 0. The molecule has 0 saturated carbocycles. The third-order valence-electron chi connectivity index (χ3n) is 5.05. The molecule has 0 aliphatic carbocycles. The van der Waals surface area contributed by atoms with Gasteiger partial charge in [0, 0.05) is 35.5 Å². The summed E-state index contributed by atoms with van der Waals surface area (Å²) in [6.07, 6.45) is 3.73. The smallest absolute Gasteiger partial charge is 0.326 e. The maximum atomic E-state index is 12.3. The van der Waals surface area contributed by atoms with E-state index in [4.69, 9.17) is 0 Å². The average Bonchev–Trinajstić information content (AvgIpc) is 2.96. The minimum Gasteiger partial charge on any atom is -0.480 e. The molecular weight excluding hydrogens is 450 g/mol. The molecule has 1 amide bonds. The molecule has 186 valence electrons. The Hall–Kier alpha value is -4.32. The van der Waals surface area contributed by atoms with E-state index in [0.717, 1.165) is 22.3 Å². The van der Waals surface area contributed by atoms with Crippen LogP contribution < -0.4 is 5.32 Å². The zero-order valence-corrected chi connectivity index (χ0v) is 21.2. The highest BCUT2D eigenvalue weighted by Crippen LogP contribution is 2.21. The molecule has 6 heteroatoms. The molecule has 0 fully saturated rings. The van der Waals surface area contributed by atoms with Crippen LogP contribution in [0.25, 0.3) is 22.5 Å². The first-order valence-corrected chi connectivity index (χ1v) is 12.2. The van der Waals surface area contributed by atoms with Crippen molar-refractivity contribution in [2.75, 3.05) is 0 Å². The topological polar surface area (TPSA) is 92.2 Å². The fourth-order valence-corrected chi connectivity index (χ4v) is 3.31. The van der Waals surface area contributed by atoms with Crippen LogP contribution >= 0.6 is 0 Å². The predicted molar refractivity (Wildman–Crippen MR) is 145 cm³/mol. The number of benzene rings is 3. The number of rotatable bonds is 7. The number of nitrogens with zero attached hydrogens (tertiary/aromatic N) is 2. The highest BCUT2D eigenvalue weighted by Gasteiger charge is 2.21. The van der Waals surface area contributed by atoms with Crippen LogP contribution in [0.2, 0.25) is 0 Å². The SMILES string of the molecule is CC.CC.O=C(NC(Cc1ccc(-c2ncc(-c3ccccc3)cn2)cc1)C(=O)O)c1ccccc1. The van der Waals surface area contributed by atoms with E-state index in [1.807, 2.05) is 82.3 Å². The van der Waals surface area contributed by atoms with Crippen LogP contribution in [-0.2, 0) is 11.2 Å². The summed E-state index contributed by atoms with van der Waals surface area (Å²) < 4.78 is 0. The maximum Gasteiger partial charge on any atom is 0.326 e. The molecule has 3 aromatic carbocycles. The molecule has 0 bridgehead atoms. The lowest BCUT2D eigenvalue weighted by molar-refractivity contribution is -0.139. The van der Waals surface area contributed by atoms with Gasteiger partial charge in [-0.3, -0.25) is 4.79 Å². The third-order valence-corrected chi connectivity index (χ3v) is 5.05. The maximum absolute atomic E-state index is 12.3. The van der Waals surface area contributed by atoms with Crippen LogP contribution in [0, 0.1) is 0 Å². The van der Waals surface area contributed by atoms with Crippen LogP contribution in [0.3, 0.4) is 0 Å². The Balaban J connectivity index is 0.00000109. The molecule has 0 aliphatic heterocycles. The standard InChI is InChI=1S/C26H21N3O3.2C2H6/c30-25(21-9-5-2-6-10-21)29-23(26(31)32)15-18-11-13-20(14-12-18)24-27-16-22(17-28-24)19-7-3-1-4-8-19;2*1-2/h1-14,16-17,23H,15H2,(H,29,30)(H,31,32);2*1-2H3. The summed E-state index contributed by atoms with van der Waals surface area (Å²) in [5, 5.41) is 12.1. The van der Waals surface area contributed by atoms with Crippen LogP contribution in [0.4, 0.5) is 0 Å². The number of hydrogen-bond acceptors (Lipinski definition) is 4. The van der Waals surface area contributed by atoms with Crippen molar-refractivity contribution in [3.63, 3.8) is 0 Å². The summed E-state index contributed by atoms with van der Waals surface area (Å²) in [5.41, 5.74) is 4.02. The molecule has 4 aromatic rings. The number of carbonyl (C=O) groups excluding carboxylic acids is 1. The lowest BCUT2D eigenvalue weighted by Gasteiger charge is -2.15. The van der Waals surface area contributed by atoms with Crippen molar-refractivity contribution in [3.8, 4) is 22.5 Å². The molecular formula is C30H33N3O3. The van der Waals surface area contributed by atoms with Crippen molar-refractivity contribution < 1.29 is 14.7 Å². The summed E-state index contributed by atoms with van der Waals surface area (Å²) in [5.74, 6) is -0.914. The molecule has 0 radical (unpaired) electrons. The number of carboxylic acid groups (broad SMARTS) is 1. The highest BCUT2D eigenvalue weighted by molar-refractivity contribution is 5.96. The zero-order valence-electron chi connectivity index (χ0n) is 21.2. The highest BCUT2D eigenvalue weighted by atomic mass is 16.4. The van der Waals surface area contributed by atoms with Gasteiger partial charge in [0.1, 0.15) is 6.04 Å². The Labute approximate surface area is 213 Å². The summed E-state index contributed by atoms with van der Waals surface area (Å²) in [6, 6.07) is 24.8. The van der Waals surface area contributed by atoms with Gasteiger partial charge in [-0.25, -0.2) is 14.8 Å². The number of carboxylic acids is 1. The molecule has 1 atom stereocenters. The normalized spacial score (nSPS) is 10.6. The minimum atomic E-state index is -1.09. The van der Waals surface area contributed by atoms with E-state index in [2.05, 4.69) is 15.3 Å². The zero-order chi connectivity index (χ0) is 26.3. The van der Waals surface area contributed by atoms with Gasteiger partial charge in [0.25, 0.3) is 5.91 Å². The van der Waals surface area contributed by atoms with Crippen molar-refractivity contribution in [2.24, 2.45) is 0 Å². The van der Waals surface area contributed by atoms with Gasteiger partial charge < -0.3 is 10.4 Å². The van der Waals surface area contributed by atoms with Gasteiger partial charge in [-0.1, -0.05) is 100 Å². The second-order valence-electron chi connectivity index (χ2n) is 7.29. The summed E-state index contributed by atoms with van der Waals surface area (Å²) in [6.45, 7) is 8.00. The Morgan fingerprint density at radius 3 is 1.78 bits per heavy atom. The molecule has 36 heavy (non-hydrogen) atoms. The summed E-state index contributed by atoms with van der Waals surface area (Å²) >= 11 is 0. The lowest BCUT2D eigenvalue weighted by atomic mass is 10.0. The number of amides is 1. The fraction of sp³-hybridized carbons (Fsp3) is 0.200. The van der Waals surface area contributed by atoms with E-state index < -0.39 is 17.9 Å². The quantitative estimate of drug-likeness (QED) is 0.322. The number of aromatic nitrogens is 2. The number of nitrogens with one attached hydrogen (secondary N) is 1. The molecule has 0 spiro atoms. The molecule has 1 heterocycles. The first kappa shape index (κ1) is 27.9. The van der Waals surface area contributed by atoms with Gasteiger partial charge in [-0.05, 0) is 23.3 Å². The van der Waals surface area contributed by atoms with Crippen molar-refractivity contribution in [3.05, 3.63) is 108 Å². The fourth-order valence-electron chi connectivity index (χ4n) is 3.31. The molecule has 0 aliphatic rings. The first-order chi connectivity index (χ1) is 17.6. The van der Waals surface area contributed by atoms with Gasteiger partial charge in [0.2, 0.25) is 0 Å². The van der Waals surface area contributed by atoms with Crippen LogP contribution in [-0.4, -0.2) is 33.0 Å². The third kappa shape index (κ3) is 7.87. The first-order valence-electron chi connectivity index (χ1n) is 12.2. The van der Waals surface area contributed by atoms with Crippen molar-refractivity contribution >= 4 is 11.9 Å². The van der Waals surface area contributed by atoms with Gasteiger partial charge in [0.15, 0.2) is 5.82 Å². The monoisotopic (exact) mass is 483 g/mol. The molecule has 1 aromatic heterocycles. The van der Waals surface area contributed by atoms with Gasteiger partial charge in [0.05, 0.1) is 0 Å². The molecule has 0 saturated heterocycles. The molecule has 6 nitrogen and oxygen atoms in total. The van der Waals surface area contributed by atoms with E-state index in [1.54, 1.807) is 42.7 Å². The van der Waals surface area contributed by atoms with Crippen LogP contribution in [0.5, 0.6) is 0 Å². The Morgan fingerprint density at radius 2 is 1.25 bits per heavy atom. The second-order valence-corrected chi connectivity index (χ2v) is 7.29. The largest absolute Gasteiger partial charge is 0.480 e. The van der Waals surface area contributed by atoms with E-state index in [1.165, 1.54) is 0 Å². The van der Waals surface area contributed by atoms with Crippen molar-refractivity contribution in [1.82, 2.24) is 15.3 Å². The average molecular weight is 484 g/mol. The minimum absolute atomic E-state index is 0.169. The van der Waals surface area contributed by atoms with E-state index in [9.17, 15) is 14.7 Å². The van der Waals surface area contributed by atoms with Crippen LogP contribution in [0.1, 0.15) is 43.6 Å².